The second-order valence-corrected chi connectivity index (χ2v) is 6.33. The van der Waals surface area contributed by atoms with Crippen molar-refractivity contribution < 1.29 is 4.39 Å². The van der Waals surface area contributed by atoms with E-state index in [1.165, 1.54) is 17.4 Å². The van der Waals surface area contributed by atoms with Gasteiger partial charge in [-0.25, -0.2) is 4.39 Å². The number of halogens is 2. The number of hydrogen-bond donors (Lipinski definition) is 1. The summed E-state index contributed by atoms with van der Waals surface area (Å²) in [5, 5.41) is 14.0. The Morgan fingerprint density at radius 3 is 2.81 bits per heavy atom. The highest BCUT2D eigenvalue weighted by Gasteiger charge is 2.16. The fraction of sp³-hybridized carbons (Fsp3) is 0.467. The van der Waals surface area contributed by atoms with Crippen LogP contribution in [0.1, 0.15) is 48.3 Å². The number of benzene rings is 1. The Morgan fingerprint density at radius 1 is 1.33 bits per heavy atom. The van der Waals surface area contributed by atoms with Crippen LogP contribution in [-0.4, -0.2) is 16.7 Å². The molecule has 1 aromatic heterocycles. The quantitative estimate of drug-likeness (QED) is 0.820. The molecule has 1 N–H and O–H groups in total. The fourth-order valence-corrected chi connectivity index (χ4v) is 3.30. The summed E-state index contributed by atoms with van der Waals surface area (Å²) in [5.74, 6) is -0.296. The zero-order valence-corrected chi connectivity index (χ0v) is 13.8. The third kappa shape index (κ3) is 4.22. The summed E-state index contributed by atoms with van der Waals surface area (Å²) in [6.45, 7) is 5.19. The molecule has 3 nitrogen and oxygen atoms in total. The van der Waals surface area contributed by atoms with Crippen LogP contribution in [0.3, 0.4) is 0 Å². The lowest BCUT2D eigenvalue weighted by atomic mass is 10.1. The standard InChI is InChI=1S/C15H19ClFN3S/c1-3-8-18-13(4-2)15-20-19-14(21-15)9-10-11(16)6-5-7-12(10)17/h5-7,13,18H,3-4,8-9H2,1-2H3. The molecule has 0 aliphatic carbocycles. The van der Waals surface area contributed by atoms with Crippen molar-refractivity contribution in [1.82, 2.24) is 15.5 Å². The van der Waals surface area contributed by atoms with Crippen LogP contribution in [-0.2, 0) is 6.42 Å². The minimum Gasteiger partial charge on any atom is -0.308 e. The van der Waals surface area contributed by atoms with E-state index in [1.807, 2.05) is 0 Å². The summed E-state index contributed by atoms with van der Waals surface area (Å²) in [6.07, 6.45) is 2.41. The molecule has 6 heteroatoms. The number of aromatic nitrogens is 2. The Hall–Kier alpha value is -1.04. The molecule has 21 heavy (non-hydrogen) atoms. The first-order valence-electron chi connectivity index (χ1n) is 7.14. The average Bonchev–Trinajstić information content (AvgIpc) is 2.92. The fourth-order valence-electron chi connectivity index (χ4n) is 2.06. The van der Waals surface area contributed by atoms with Gasteiger partial charge in [-0.05, 0) is 31.5 Å². The summed E-state index contributed by atoms with van der Waals surface area (Å²) in [4.78, 5) is 0. The van der Waals surface area contributed by atoms with Crippen molar-refractivity contribution in [1.29, 1.82) is 0 Å². The predicted octanol–water partition coefficient (Wildman–Crippen LogP) is 4.37. The Bertz CT molecular complexity index is 568. The normalized spacial score (nSPS) is 12.6. The van der Waals surface area contributed by atoms with Crippen LogP contribution >= 0.6 is 22.9 Å². The molecule has 1 atom stereocenters. The van der Waals surface area contributed by atoms with Crippen LogP contribution in [0.25, 0.3) is 0 Å². The van der Waals surface area contributed by atoms with Crippen molar-refractivity contribution in [3.05, 3.63) is 44.6 Å². The van der Waals surface area contributed by atoms with Gasteiger partial charge in [-0.2, -0.15) is 0 Å². The molecule has 0 spiro atoms. The summed E-state index contributed by atoms with van der Waals surface area (Å²) in [7, 11) is 0. The number of nitrogens with one attached hydrogen (secondary N) is 1. The Balaban J connectivity index is 2.12. The molecule has 0 bridgehead atoms. The molecule has 2 aromatic rings. The van der Waals surface area contributed by atoms with Gasteiger partial charge in [0.2, 0.25) is 0 Å². The molecule has 0 aliphatic rings. The van der Waals surface area contributed by atoms with Crippen molar-refractivity contribution in [2.75, 3.05) is 6.54 Å². The summed E-state index contributed by atoms with van der Waals surface area (Å²) in [6, 6.07) is 4.93. The van der Waals surface area contributed by atoms with Crippen molar-refractivity contribution in [3.63, 3.8) is 0 Å². The lowest BCUT2D eigenvalue weighted by Crippen LogP contribution is -2.21. The molecule has 2 rings (SSSR count). The van der Waals surface area contributed by atoms with E-state index in [-0.39, 0.29) is 11.9 Å². The lowest BCUT2D eigenvalue weighted by Gasteiger charge is -2.12. The molecular formula is C15H19ClFN3S. The van der Waals surface area contributed by atoms with E-state index in [4.69, 9.17) is 11.6 Å². The largest absolute Gasteiger partial charge is 0.308 e. The van der Waals surface area contributed by atoms with Crippen LogP contribution in [0.5, 0.6) is 0 Å². The predicted molar refractivity (Wildman–Crippen MR) is 85.5 cm³/mol. The highest BCUT2D eigenvalue weighted by molar-refractivity contribution is 7.11. The van der Waals surface area contributed by atoms with Gasteiger partial charge in [0, 0.05) is 17.0 Å². The molecule has 0 saturated heterocycles. The third-order valence-electron chi connectivity index (χ3n) is 3.22. The highest BCUT2D eigenvalue weighted by atomic mass is 35.5. The van der Waals surface area contributed by atoms with Gasteiger partial charge in [0.15, 0.2) is 0 Å². The molecule has 0 amide bonds. The van der Waals surface area contributed by atoms with E-state index in [1.54, 1.807) is 12.1 Å². The number of nitrogens with zero attached hydrogens (tertiary/aromatic N) is 2. The third-order valence-corrected chi connectivity index (χ3v) is 4.61. The van der Waals surface area contributed by atoms with E-state index in [9.17, 15) is 4.39 Å². The zero-order valence-electron chi connectivity index (χ0n) is 12.2. The van der Waals surface area contributed by atoms with Crippen LogP contribution in [0, 0.1) is 5.82 Å². The maximum atomic E-state index is 13.8. The molecule has 0 radical (unpaired) electrons. The van der Waals surface area contributed by atoms with Crippen molar-refractivity contribution in [2.24, 2.45) is 0 Å². The van der Waals surface area contributed by atoms with Gasteiger partial charge in [0.1, 0.15) is 15.8 Å². The van der Waals surface area contributed by atoms with Gasteiger partial charge >= 0.3 is 0 Å². The smallest absolute Gasteiger partial charge is 0.134 e. The van der Waals surface area contributed by atoms with Gasteiger partial charge in [0.25, 0.3) is 0 Å². The highest BCUT2D eigenvalue weighted by Crippen LogP contribution is 2.26. The van der Waals surface area contributed by atoms with Crippen molar-refractivity contribution in [3.8, 4) is 0 Å². The van der Waals surface area contributed by atoms with Gasteiger partial charge in [-0.3, -0.25) is 0 Å². The van der Waals surface area contributed by atoms with Gasteiger partial charge < -0.3 is 5.32 Å². The van der Waals surface area contributed by atoms with E-state index in [0.29, 0.717) is 17.0 Å². The van der Waals surface area contributed by atoms with E-state index < -0.39 is 0 Å². The van der Waals surface area contributed by atoms with Crippen molar-refractivity contribution >= 4 is 22.9 Å². The van der Waals surface area contributed by atoms with Crippen molar-refractivity contribution in [2.45, 2.75) is 39.2 Å². The van der Waals surface area contributed by atoms with Crippen LogP contribution in [0.15, 0.2) is 18.2 Å². The summed E-state index contributed by atoms with van der Waals surface area (Å²) < 4.78 is 13.8. The Morgan fingerprint density at radius 2 is 2.14 bits per heavy atom. The second kappa shape index (κ2) is 7.82. The molecule has 0 saturated carbocycles. The second-order valence-electron chi connectivity index (χ2n) is 4.83. The monoisotopic (exact) mass is 327 g/mol. The van der Waals surface area contributed by atoms with Gasteiger partial charge in [-0.15, -0.1) is 10.2 Å². The SMILES string of the molecule is CCCNC(CC)c1nnc(Cc2c(F)cccc2Cl)s1. The van der Waals surface area contributed by atoms with E-state index in [2.05, 4.69) is 29.4 Å². The maximum Gasteiger partial charge on any atom is 0.134 e. The lowest BCUT2D eigenvalue weighted by molar-refractivity contribution is 0.513. The summed E-state index contributed by atoms with van der Waals surface area (Å²) >= 11 is 7.57. The minimum atomic E-state index is -0.296. The Kier molecular flexibility index (Phi) is 6.08. The average molecular weight is 328 g/mol. The van der Waals surface area contributed by atoms with Gasteiger partial charge in [0.05, 0.1) is 6.04 Å². The number of hydrogen-bond acceptors (Lipinski definition) is 4. The number of rotatable bonds is 7. The molecule has 0 fully saturated rings. The van der Waals surface area contributed by atoms with E-state index >= 15 is 0 Å². The minimum absolute atomic E-state index is 0.215. The van der Waals surface area contributed by atoms with Crippen LogP contribution in [0.2, 0.25) is 5.02 Å². The zero-order chi connectivity index (χ0) is 15.2. The maximum absolute atomic E-state index is 13.8. The molecule has 1 aromatic carbocycles. The summed E-state index contributed by atoms with van der Waals surface area (Å²) in [5.41, 5.74) is 0.483. The molecule has 1 unspecified atom stereocenters. The van der Waals surface area contributed by atoms with E-state index in [0.717, 1.165) is 29.4 Å². The molecular weight excluding hydrogens is 309 g/mol. The molecule has 0 aliphatic heterocycles. The topological polar surface area (TPSA) is 37.8 Å². The molecule has 1 heterocycles. The first-order valence-corrected chi connectivity index (χ1v) is 8.33. The van der Waals surface area contributed by atoms with Crippen LogP contribution in [0.4, 0.5) is 4.39 Å². The first kappa shape index (κ1) is 16.3. The van der Waals surface area contributed by atoms with Crippen LogP contribution < -0.4 is 5.32 Å². The first-order chi connectivity index (χ1) is 10.2. The van der Waals surface area contributed by atoms with Gasteiger partial charge in [-0.1, -0.05) is 42.9 Å². The molecule has 114 valence electrons. The Labute approximate surface area is 133 Å².